The summed E-state index contributed by atoms with van der Waals surface area (Å²) < 4.78 is 0. The fraction of sp³-hybridized carbons (Fsp3) is 0.231. The van der Waals surface area contributed by atoms with Crippen molar-refractivity contribution in [2.75, 3.05) is 0 Å². The second-order valence-corrected chi connectivity index (χ2v) is 8.94. The molecule has 1 aliphatic rings. The van der Waals surface area contributed by atoms with E-state index in [2.05, 4.69) is 86.2 Å². The van der Waals surface area contributed by atoms with Crippen LogP contribution in [-0.2, 0) is 10.8 Å². The van der Waals surface area contributed by atoms with Gasteiger partial charge in [-0.25, -0.2) is 19.9 Å². The van der Waals surface area contributed by atoms with Crippen LogP contribution in [0, 0.1) is 0 Å². The van der Waals surface area contributed by atoms with Crippen LogP contribution in [0.2, 0.25) is 0 Å². The number of hydrogen-bond acceptors (Lipinski definition) is 4. The Kier molecular flexibility index (Phi) is 4.07. The SMILES string of the molecule is CC1(C)c2cccc(c2)-c2ccnc(n2)C(C)(C)c2nccc(n2)-c2cccc1c2. The molecule has 2 aromatic carbocycles. The quantitative estimate of drug-likeness (QED) is 0.393. The molecule has 0 spiro atoms. The lowest BCUT2D eigenvalue weighted by Crippen LogP contribution is -2.25. The Labute approximate surface area is 177 Å². The van der Waals surface area contributed by atoms with E-state index in [1.807, 2.05) is 24.5 Å². The van der Waals surface area contributed by atoms with Gasteiger partial charge in [0.1, 0.15) is 11.6 Å². The predicted octanol–water partition coefficient (Wildman–Crippen LogP) is 5.57. The molecule has 4 nitrogen and oxygen atoms in total. The second-order valence-electron chi connectivity index (χ2n) is 8.94. The Balaban J connectivity index is 1.85. The van der Waals surface area contributed by atoms with Gasteiger partial charge in [0.05, 0.1) is 16.8 Å². The summed E-state index contributed by atoms with van der Waals surface area (Å²) in [6.07, 6.45) is 3.66. The van der Waals surface area contributed by atoms with Gasteiger partial charge in [-0.05, 0) is 49.2 Å². The van der Waals surface area contributed by atoms with Gasteiger partial charge in [-0.15, -0.1) is 0 Å². The third-order valence-electron chi connectivity index (χ3n) is 6.19. The van der Waals surface area contributed by atoms with E-state index in [9.17, 15) is 0 Å². The maximum Gasteiger partial charge on any atom is 0.142 e. The van der Waals surface area contributed by atoms with Crippen molar-refractivity contribution in [2.45, 2.75) is 38.5 Å². The van der Waals surface area contributed by atoms with Crippen molar-refractivity contribution < 1.29 is 0 Å². The molecule has 1 aliphatic heterocycles. The first-order chi connectivity index (χ1) is 14.4. The van der Waals surface area contributed by atoms with Crippen LogP contribution in [0.1, 0.15) is 50.5 Å². The van der Waals surface area contributed by atoms with Crippen molar-refractivity contribution in [1.29, 1.82) is 0 Å². The molecule has 2 aromatic heterocycles. The topological polar surface area (TPSA) is 51.6 Å². The maximum atomic E-state index is 4.93. The Bertz CT molecular complexity index is 1060. The van der Waals surface area contributed by atoms with Crippen LogP contribution in [0.25, 0.3) is 22.5 Å². The minimum atomic E-state index is -0.523. The number of aromatic nitrogens is 4. The minimum absolute atomic E-state index is 0.166. The zero-order chi connectivity index (χ0) is 20.9. The minimum Gasteiger partial charge on any atom is -0.240 e. The molecule has 5 rings (SSSR count). The van der Waals surface area contributed by atoms with E-state index in [-0.39, 0.29) is 5.41 Å². The summed E-state index contributed by atoms with van der Waals surface area (Å²) in [6, 6.07) is 21.2. The smallest absolute Gasteiger partial charge is 0.142 e. The lowest BCUT2D eigenvalue weighted by atomic mass is 9.77. The monoisotopic (exact) mass is 392 g/mol. The summed E-state index contributed by atoms with van der Waals surface area (Å²) in [4.78, 5) is 19.0. The van der Waals surface area contributed by atoms with E-state index in [1.54, 1.807) is 0 Å². The molecule has 0 saturated carbocycles. The molecule has 4 heteroatoms. The Morgan fingerprint density at radius 3 is 1.50 bits per heavy atom. The van der Waals surface area contributed by atoms with E-state index in [4.69, 9.17) is 9.97 Å². The van der Waals surface area contributed by atoms with E-state index >= 15 is 0 Å². The average molecular weight is 393 g/mol. The van der Waals surface area contributed by atoms with Gasteiger partial charge in [0.25, 0.3) is 0 Å². The van der Waals surface area contributed by atoms with Crippen LogP contribution in [0.3, 0.4) is 0 Å². The van der Waals surface area contributed by atoms with Gasteiger partial charge >= 0.3 is 0 Å². The fourth-order valence-electron chi connectivity index (χ4n) is 4.04. The van der Waals surface area contributed by atoms with Crippen LogP contribution in [0.4, 0.5) is 0 Å². The number of rotatable bonds is 0. The van der Waals surface area contributed by atoms with Gasteiger partial charge in [-0.2, -0.15) is 0 Å². The Hall–Kier alpha value is -3.40. The lowest BCUT2D eigenvalue weighted by molar-refractivity contribution is 0.550. The van der Waals surface area contributed by atoms with E-state index < -0.39 is 5.41 Å². The summed E-state index contributed by atoms with van der Waals surface area (Å²) in [5.74, 6) is 1.43. The van der Waals surface area contributed by atoms with Crippen molar-refractivity contribution in [3.63, 3.8) is 0 Å². The number of benzene rings is 2. The van der Waals surface area contributed by atoms with Gasteiger partial charge in [0.2, 0.25) is 0 Å². The van der Waals surface area contributed by atoms with Crippen LogP contribution < -0.4 is 0 Å². The van der Waals surface area contributed by atoms with Crippen LogP contribution in [0.15, 0.2) is 73.1 Å². The maximum absolute atomic E-state index is 4.93. The highest BCUT2D eigenvalue weighted by molar-refractivity contribution is 5.64. The van der Waals surface area contributed by atoms with Crippen molar-refractivity contribution in [2.24, 2.45) is 0 Å². The highest BCUT2D eigenvalue weighted by Gasteiger charge is 2.31. The van der Waals surface area contributed by atoms with Gasteiger partial charge in [-0.1, -0.05) is 50.2 Å². The van der Waals surface area contributed by atoms with E-state index in [0.29, 0.717) is 11.6 Å². The normalized spacial score (nSPS) is 15.9. The molecular weight excluding hydrogens is 368 g/mol. The lowest BCUT2D eigenvalue weighted by Gasteiger charge is -2.28. The van der Waals surface area contributed by atoms with E-state index in [0.717, 1.165) is 22.5 Å². The van der Waals surface area contributed by atoms with Crippen LogP contribution in [0.5, 0.6) is 0 Å². The third-order valence-corrected chi connectivity index (χ3v) is 6.19. The highest BCUT2D eigenvalue weighted by atomic mass is 15.0. The summed E-state index contributed by atoms with van der Waals surface area (Å²) in [5, 5.41) is 0. The first-order valence-corrected chi connectivity index (χ1v) is 10.2. The molecule has 0 saturated heterocycles. The number of fused-ring (bicyclic) bond motifs is 10. The number of nitrogens with zero attached hydrogens (tertiary/aromatic N) is 4. The molecule has 30 heavy (non-hydrogen) atoms. The number of hydrogen-bond donors (Lipinski definition) is 0. The largest absolute Gasteiger partial charge is 0.240 e. The molecule has 0 amide bonds. The van der Waals surface area contributed by atoms with Crippen molar-refractivity contribution in [3.8, 4) is 22.5 Å². The molecule has 0 unspecified atom stereocenters. The van der Waals surface area contributed by atoms with Gasteiger partial charge in [0, 0.05) is 28.9 Å². The molecule has 0 fully saturated rings. The first-order valence-electron chi connectivity index (χ1n) is 10.2. The molecule has 0 radical (unpaired) electrons. The summed E-state index contributed by atoms with van der Waals surface area (Å²) in [5.41, 5.74) is 5.80. The first kappa shape index (κ1) is 18.6. The molecule has 0 atom stereocenters. The molecule has 148 valence electrons. The molecular formula is C26H24N4. The van der Waals surface area contributed by atoms with Gasteiger partial charge in [-0.3, -0.25) is 0 Å². The summed E-state index contributed by atoms with van der Waals surface area (Å²) >= 11 is 0. The van der Waals surface area contributed by atoms with Crippen LogP contribution >= 0.6 is 0 Å². The Morgan fingerprint density at radius 1 is 0.567 bits per heavy atom. The predicted molar refractivity (Wildman–Crippen MR) is 119 cm³/mol. The van der Waals surface area contributed by atoms with Crippen molar-refractivity contribution in [1.82, 2.24) is 19.9 Å². The molecule has 0 N–H and O–H groups in total. The summed E-state index contributed by atoms with van der Waals surface area (Å²) in [7, 11) is 0. The average Bonchev–Trinajstić information content (AvgIpc) is 2.79. The molecule has 0 aliphatic carbocycles. The van der Waals surface area contributed by atoms with Gasteiger partial charge in [0.15, 0.2) is 0 Å². The molecule has 4 aromatic rings. The van der Waals surface area contributed by atoms with Crippen LogP contribution in [-0.4, -0.2) is 19.9 Å². The van der Waals surface area contributed by atoms with Crippen molar-refractivity contribution in [3.05, 3.63) is 95.8 Å². The highest BCUT2D eigenvalue weighted by Crippen LogP contribution is 2.36. The molecule has 8 bridgehead atoms. The van der Waals surface area contributed by atoms with Crippen molar-refractivity contribution >= 4 is 0 Å². The van der Waals surface area contributed by atoms with E-state index in [1.165, 1.54) is 11.1 Å². The zero-order valence-electron chi connectivity index (χ0n) is 17.7. The third kappa shape index (κ3) is 2.91. The van der Waals surface area contributed by atoms with Gasteiger partial charge < -0.3 is 0 Å². The zero-order valence-corrected chi connectivity index (χ0v) is 17.7. The summed E-state index contributed by atoms with van der Waals surface area (Å²) in [6.45, 7) is 8.67. The second kappa shape index (κ2) is 6.56. The molecule has 3 heterocycles. The Morgan fingerprint density at radius 2 is 1.03 bits per heavy atom. The standard InChI is InChI=1S/C26H24N4/c1-25(2)19-9-5-7-17(15-19)21-11-13-27-23(29-21)26(3,4)24-28-14-12-22(30-24)18-8-6-10-20(25)16-18/h5-16H,1-4H3. The fourth-order valence-corrected chi connectivity index (χ4v) is 4.04.